The van der Waals surface area contributed by atoms with E-state index in [0.717, 1.165) is 11.3 Å². The van der Waals surface area contributed by atoms with Gasteiger partial charge in [-0.2, -0.15) is 0 Å². The van der Waals surface area contributed by atoms with Crippen molar-refractivity contribution in [2.24, 2.45) is 0 Å². The molecule has 1 aromatic carbocycles. The highest BCUT2D eigenvalue weighted by Gasteiger charge is 2.12. The van der Waals surface area contributed by atoms with Gasteiger partial charge in [-0.15, -0.1) is 6.42 Å². The lowest BCUT2D eigenvalue weighted by Crippen LogP contribution is -2.32. The lowest BCUT2D eigenvalue weighted by atomic mass is 10.2. The van der Waals surface area contributed by atoms with Crippen LogP contribution in [0.4, 0.5) is 5.69 Å². The van der Waals surface area contributed by atoms with Gasteiger partial charge in [-0.05, 0) is 18.2 Å². The second kappa shape index (κ2) is 3.67. The Bertz CT molecular complexity index is 331. The fourth-order valence-corrected chi connectivity index (χ4v) is 2.14. The molecule has 0 aliphatic heterocycles. The van der Waals surface area contributed by atoms with Crippen LogP contribution in [0.2, 0.25) is 19.6 Å². The first-order valence-corrected chi connectivity index (χ1v) is 7.86. The summed E-state index contributed by atoms with van der Waals surface area (Å²) in [5, 5.41) is 0. The highest BCUT2D eigenvalue weighted by molar-refractivity contribution is 6.79. The molecule has 0 atom stereocenters. The Morgan fingerprint density at radius 3 is 2.54 bits per heavy atom. The molecule has 0 radical (unpaired) electrons. The minimum absolute atomic E-state index is 0.934. The molecule has 13 heavy (non-hydrogen) atoms. The molecule has 0 fully saturated rings. The molecular formula is C11H15NSi. The van der Waals surface area contributed by atoms with Crippen LogP contribution in [0.15, 0.2) is 24.3 Å². The smallest absolute Gasteiger partial charge is 0.144 e. The molecule has 1 N–H and O–H groups in total. The van der Waals surface area contributed by atoms with Crippen molar-refractivity contribution in [1.29, 1.82) is 0 Å². The summed E-state index contributed by atoms with van der Waals surface area (Å²) in [5.41, 5.74) is 2.07. The molecular weight excluding hydrogens is 174 g/mol. The van der Waals surface area contributed by atoms with Gasteiger partial charge in [-0.25, -0.2) is 0 Å². The lowest BCUT2D eigenvalue weighted by Gasteiger charge is -2.19. The largest absolute Gasteiger partial charge is 0.411 e. The summed E-state index contributed by atoms with van der Waals surface area (Å²) in [6.45, 7) is 6.78. The molecule has 68 valence electrons. The van der Waals surface area contributed by atoms with E-state index in [1.165, 1.54) is 0 Å². The van der Waals surface area contributed by atoms with Crippen molar-refractivity contribution in [3.05, 3.63) is 29.8 Å². The van der Waals surface area contributed by atoms with Crippen LogP contribution in [-0.2, 0) is 0 Å². The summed E-state index contributed by atoms with van der Waals surface area (Å²) in [6, 6.07) is 7.99. The zero-order valence-corrected chi connectivity index (χ0v) is 9.39. The van der Waals surface area contributed by atoms with Gasteiger partial charge in [-0.1, -0.05) is 31.6 Å². The van der Waals surface area contributed by atoms with Gasteiger partial charge in [0, 0.05) is 11.3 Å². The molecule has 0 bridgehead atoms. The predicted octanol–water partition coefficient (Wildman–Crippen LogP) is 2.91. The van der Waals surface area contributed by atoms with Gasteiger partial charge in [-0.3, -0.25) is 0 Å². The Morgan fingerprint density at radius 2 is 2.00 bits per heavy atom. The lowest BCUT2D eigenvalue weighted by molar-refractivity contribution is 1.56. The second-order valence-electron chi connectivity index (χ2n) is 4.10. The molecule has 1 aromatic rings. The summed E-state index contributed by atoms with van der Waals surface area (Å²) < 4.78 is 0. The molecule has 2 heteroatoms. The first kappa shape index (κ1) is 9.88. The van der Waals surface area contributed by atoms with E-state index in [4.69, 9.17) is 6.42 Å². The zero-order chi connectivity index (χ0) is 9.90. The summed E-state index contributed by atoms with van der Waals surface area (Å²) >= 11 is 0. The first-order valence-electron chi connectivity index (χ1n) is 4.36. The molecule has 0 amide bonds. The molecule has 0 saturated carbocycles. The van der Waals surface area contributed by atoms with Crippen molar-refractivity contribution in [2.75, 3.05) is 4.98 Å². The average Bonchev–Trinajstić information content (AvgIpc) is 2.01. The summed E-state index contributed by atoms with van der Waals surface area (Å²) in [6.07, 6.45) is 5.32. The van der Waals surface area contributed by atoms with Crippen LogP contribution in [0.25, 0.3) is 0 Å². The van der Waals surface area contributed by atoms with Gasteiger partial charge in [0.25, 0.3) is 0 Å². The number of hydrogen-bond acceptors (Lipinski definition) is 1. The molecule has 0 spiro atoms. The minimum atomic E-state index is -1.25. The first-order chi connectivity index (χ1) is 6.01. The van der Waals surface area contributed by atoms with Gasteiger partial charge >= 0.3 is 0 Å². The van der Waals surface area contributed by atoms with Crippen molar-refractivity contribution >= 4 is 13.9 Å². The SMILES string of the molecule is C#Cc1cccc(N[Si](C)(C)C)c1. The molecule has 0 aromatic heterocycles. The van der Waals surface area contributed by atoms with E-state index in [2.05, 4.69) is 36.6 Å². The minimum Gasteiger partial charge on any atom is -0.411 e. The Hall–Kier alpha value is -1.20. The van der Waals surface area contributed by atoms with Crippen molar-refractivity contribution in [2.45, 2.75) is 19.6 Å². The molecule has 0 aliphatic carbocycles. The van der Waals surface area contributed by atoms with Crippen molar-refractivity contribution < 1.29 is 0 Å². The maximum atomic E-state index is 5.32. The third-order valence-electron chi connectivity index (χ3n) is 1.55. The Balaban J connectivity index is 2.86. The van der Waals surface area contributed by atoms with Gasteiger partial charge in [0.2, 0.25) is 0 Å². The van der Waals surface area contributed by atoms with Gasteiger partial charge in [0.1, 0.15) is 8.24 Å². The Labute approximate surface area is 81.3 Å². The topological polar surface area (TPSA) is 12.0 Å². The molecule has 0 unspecified atom stereocenters. The van der Waals surface area contributed by atoms with Crippen molar-refractivity contribution in [3.8, 4) is 12.3 Å². The number of hydrogen-bond donors (Lipinski definition) is 1. The van der Waals surface area contributed by atoms with E-state index in [1.807, 2.05) is 18.2 Å². The summed E-state index contributed by atoms with van der Waals surface area (Å²) in [4.78, 5) is 3.50. The Morgan fingerprint density at radius 1 is 1.31 bits per heavy atom. The van der Waals surface area contributed by atoms with Crippen LogP contribution in [-0.4, -0.2) is 8.24 Å². The fourth-order valence-electron chi connectivity index (χ4n) is 1.12. The molecule has 0 saturated heterocycles. The summed E-state index contributed by atoms with van der Waals surface area (Å²) in [7, 11) is -1.25. The van der Waals surface area contributed by atoms with E-state index in [0.29, 0.717) is 0 Å². The highest BCUT2D eigenvalue weighted by Crippen LogP contribution is 2.13. The fraction of sp³-hybridized carbons (Fsp3) is 0.273. The maximum absolute atomic E-state index is 5.32. The van der Waals surface area contributed by atoms with E-state index >= 15 is 0 Å². The molecule has 1 nitrogen and oxygen atoms in total. The summed E-state index contributed by atoms with van der Waals surface area (Å²) in [5.74, 6) is 2.63. The number of terminal acetylenes is 1. The Kier molecular flexibility index (Phi) is 2.79. The molecule has 1 rings (SSSR count). The zero-order valence-electron chi connectivity index (χ0n) is 8.39. The highest BCUT2D eigenvalue weighted by atomic mass is 28.3. The molecule has 0 aliphatic rings. The van der Waals surface area contributed by atoms with Crippen LogP contribution >= 0.6 is 0 Å². The van der Waals surface area contributed by atoms with Crippen molar-refractivity contribution in [3.63, 3.8) is 0 Å². The van der Waals surface area contributed by atoms with Crippen LogP contribution in [0.3, 0.4) is 0 Å². The monoisotopic (exact) mass is 189 g/mol. The van der Waals surface area contributed by atoms with Crippen LogP contribution in [0.1, 0.15) is 5.56 Å². The predicted molar refractivity (Wildman–Crippen MR) is 61.3 cm³/mol. The van der Waals surface area contributed by atoms with Gasteiger partial charge < -0.3 is 4.98 Å². The number of nitrogens with one attached hydrogen (secondary N) is 1. The molecule has 0 heterocycles. The van der Waals surface area contributed by atoms with E-state index < -0.39 is 8.24 Å². The standard InChI is InChI=1S/C11H15NSi/c1-5-10-7-6-8-11(9-10)12-13(2,3)4/h1,6-9,12H,2-4H3. The quantitative estimate of drug-likeness (QED) is 0.557. The third kappa shape index (κ3) is 3.35. The van der Waals surface area contributed by atoms with Crippen LogP contribution < -0.4 is 4.98 Å². The number of benzene rings is 1. The second-order valence-corrected chi connectivity index (χ2v) is 8.85. The number of rotatable bonds is 2. The van der Waals surface area contributed by atoms with Crippen molar-refractivity contribution in [1.82, 2.24) is 0 Å². The third-order valence-corrected chi connectivity index (χ3v) is 2.59. The average molecular weight is 189 g/mol. The van der Waals surface area contributed by atoms with Crippen LogP contribution in [0, 0.1) is 12.3 Å². The normalized spacial score (nSPS) is 10.6. The van der Waals surface area contributed by atoms with Gasteiger partial charge in [0.15, 0.2) is 0 Å². The van der Waals surface area contributed by atoms with Crippen LogP contribution in [0.5, 0.6) is 0 Å². The number of anilines is 1. The van der Waals surface area contributed by atoms with E-state index in [1.54, 1.807) is 0 Å². The van der Waals surface area contributed by atoms with Gasteiger partial charge in [0.05, 0.1) is 0 Å². The maximum Gasteiger partial charge on any atom is 0.144 e. The van der Waals surface area contributed by atoms with E-state index in [9.17, 15) is 0 Å². The van der Waals surface area contributed by atoms with E-state index in [-0.39, 0.29) is 0 Å².